The molecule has 0 aromatic heterocycles. The van der Waals surface area contributed by atoms with Crippen LogP contribution in [0.1, 0.15) is 20.7 Å². The maximum Gasteiger partial charge on any atom is 0.323 e. The average Bonchev–Trinajstić information content (AvgIpc) is 2.37. The van der Waals surface area contributed by atoms with Gasteiger partial charge in [0.2, 0.25) is 5.91 Å². The molecule has 1 aromatic rings. The van der Waals surface area contributed by atoms with Gasteiger partial charge in [0.05, 0.1) is 6.54 Å². The summed E-state index contributed by atoms with van der Waals surface area (Å²) in [7, 11) is 0. The van der Waals surface area contributed by atoms with Crippen molar-refractivity contribution in [2.45, 2.75) is 0 Å². The summed E-state index contributed by atoms with van der Waals surface area (Å²) in [6, 6.07) is 5.58. The molecule has 0 atom stereocenters. The third-order valence-corrected chi connectivity index (χ3v) is 2.31. The number of nitrogens with two attached hydrogens (primary N) is 1. The van der Waals surface area contributed by atoms with E-state index in [4.69, 9.17) is 17.3 Å². The standard InChI is InChI=1S/C13H12N2O4/c1-2-7-15(8-11(16)17)13(19)10-5-3-9(4-6-10)12(14)18/h1,3-6H,7-8H2,(H2,14,18)(H,16,17). The van der Waals surface area contributed by atoms with Crippen LogP contribution in [0.15, 0.2) is 24.3 Å². The topological polar surface area (TPSA) is 101 Å². The van der Waals surface area contributed by atoms with Crippen molar-refractivity contribution in [3.05, 3.63) is 35.4 Å². The zero-order chi connectivity index (χ0) is 14.4. The minimum Gasteiger partial charge on any atom is -0.480 e. The van der Waals surface area contributed by atoms with Crippen molar-refractivity contribution in [2.75, 3.05) is 13.1 Å². The number of amides is 2. The van der Waals surface area contributed by atoms with Gasteiger partial charge in [0.15, 0.2) is 0 Å². The van der Waals surface area contributed by atoms with E-state index < -0.39 is 24.3 Å². The van der Waals surface area contributed by atoms with Gasteiger partial charge in [-0.2, -0.15) is 0 Å². The predicted molar refractivity (Wildman–Crippen MR) is 67.3 cm³/mol. The van der Waals surface area contributed by atoms with Gasteiger partial charge >= 0.3 is 5.97 Å². The van der Waals surface area contributed by atoms with Crippen molar-refractivity contribution in [1.82, 2.24) is 4.90 Å². The number of terminal acetylenes is 1. The largest absolute Gasteiger partial charge is 0.480 e. The van der Waals surface area contributed by atoms with Crippen molar-refractivity contribution in [3.63, 3.8) is 0 Å². The van der Waals surface area contributed by atoms with E-state index in [0.29, 0.717) is 0 Å². The molecular weight excluding hydrogens is 248 g/mol. The molecule has 3 N–H and O–H groups in total. The molecule has 6 nitrogen and oxygen atoms in total. The molecule has 0 aliphatic rings. The minimum absolute atomic E-state index is 0.108. The van der Waals surface area contributed by atoms with E-state index in [1.165, 1.54) is 24.3 Å². The van der Waals surface area contributed by atoms with E-state index in [1.807, 2.05) is 0 Å². The fourth-order valence-electron chi connectivity index (χ4n) is 1.43. The highest BCUT2D eigenvalue weighted by Crippen LogP contribution is 2.07. The van der Waals surface area contributed by atoms with Crippen LogP contribution in [0.25, 0.3) is 0 Å². The van der Waals surface area contributed by atoms with Gasteiger partial charge in [-0.05, 0) is 24.3 Å². The lowest BCUT2D eigenvalue weighted by atomic mass is 10.1. The van der Waals surface area contributed by atoms with E-state index in [-0.39, 0.29) is 17.7 Å². The van der Waals surface area contributed by atoms with Gasteiger partial charge in [-0.25, -0.2) is 0 Å². The number of benzene rings is 1. The highest BCUT2D eigenvalue weighted by molar-refractivity contribution is 5.98. The Morgan fingerprint density at radius 3 is 2.16 bits per heavy atom. The first-order chi connectivity index (χ1) is 8.95. The summed E-state index contributed by atoms with van der Waals surface area (Å²) < 4.78 is 0. The third kappa shape index (κ3) is 3.85. The maximum absolute atomic E-state index is 12.0. The molecule has 0 saturated heterocycles. The van der Waals surface area contributed by atoms with E-state index in [9.17, 15) is 14.4 Å². The number of primary amides is 1. The van der Waals surface area contributed by atoms with Gasteiger partial charge < -0.3 is 15.7 Å². The number of carboxylic acids is 1. The Hall–Kier alpha value is -2.81. The van der Waals surface area contributed by atoms with Crippen LogP contribution in [0.4, 0.5) is 0 Å². The Bertz CT molecular complexity index is 543. The first-order valence-corrected chi connectivity index (χ1v) is 5.30. The Balaban J connectivity index is 2.93. The number of carbonyl (C=O) groups is 3. The molecule has 98 valence electrons. The number of carboxylic acid groups (broad SMARTS) is 1. The lowest BCUT2D eigenvalue weighted by molar-refractivity contribution is -0.137. The van der Waals surface area contributed by atoms with Crippen molar-refractivity contribution >= 4 is 17.8 Å². The second kappa shape index (κ2) is 6.21. The maximum atomic E-state index is 12.0. The fourth-order valence-corrected chi connectivity index (χ4v) is 1.43. The Morgan fingerprint density at radius 1 is 1.21 bits per heavy atom. The van der Waals surface area contributed by atoms with Crippen molar-refractivity contribution < 1.29 is 19.5 Å². The van der Waals surface area contributed by atoms with Crippen LogP contribution >= 0.6 is 0 Å². The summed E-state index contributed by atoms with van der Waals surface area (Å²) >= 11 is 0. The molecular formula is C13H12N2O4. The van der Waals surface area contributed by atoms with Gasteiger partial charge in [0.25, 0.3) is 5.91 Å². The average molecular weight is 260 g/mol. The summed E-state index contributed by atoms with van der Waals surface area (Å²) in [6.07, 6.45) is 5.09. The van der Waals surface area contributed by atoms with Gasteiger partial charge in [0.1, 0.15) is 6.54 Å². The molecule has 0 unspecified atom stereocenters. The van der Waals surface area contributed by atoms with Gasteiger partial charge in [-0.3, -0.25) is 14.4 Å². The van der Waals surface area contributed by atoms with Crippen LogP contribution in [-0.2, 0) is 4.79 Å². The molecule has 0 spiro atoms. The first kappa shape index (κ1) is 14.3. The molecule has 0 bridgehead atoms. The predicted octanol–water partition coefficient (Wildman–Crippen LogP) is -0.0545. The van der Waals surface area contributed by atoms with Crippen LogP contribution in [-0.4, -0.2) is 40.9 Å². The first-order valence-electron chi connectivity index (χ1n) is 5.30. The van der Waals surface area contributed by atoms with Crippen molar-refractivity contribution in [1.29, 1.82) is 0 Å². The third-order valence-electron chi connectivity index (χ3n) is 2.31. The molecule has 2 amide bonds. The number of hydrogen-bond donors (Lipinski definition) is 2. The van der Waals surface area contributed by atoms with Gasteiger partial charge in [-0.1, -0.05) is 5.92 Å². The number of nitrogens with zero attached hydrogens (tertiary/aromatic N) is 1. The molecule has 0 aliphatic carbocycles. The highest BCUT2D eigenvalue weighted by Gasteiger charge is 2.17. The molecule has 0 fully saturated rings. The number of carbonyl (C=O) groups excluding carboxylic acids is 2. The van der Waals surface area contributed by atoms with Gasteiger partial charge in [0, 0.05) is 11.1 Å². The zero-order valence-corrected chi connectivity index (χ0v) is 10.00. The normalized spacial score (nSPS) is 9.42. The molecule has 0 saturated carbocycles. The summed E-state index contributed by atoms with van der Waals surface area (Å²) in [5.74, 6) is -0.0579. The summed E-state index contributed by atoms with van der Waals surface area (Å²) in [6.45, 7) is -0.594. The van der Waals surface area contributed by atoms with Crippen LogP contribution in [0.3, 0.4) is 0 Å². The van der Waals surface area contributed by atoms with E-state index in [0.717, 1.165) is 4.90 Å². The Kier molecular flexibility index (Phi) is 4.66. The van der Waals surface area contributed by atoms with Crippen LogP contribution < -0.4 is 5.73 Å². The zero-order valence-electron chi connectivity index (χ0n) is 10.00. The summed E-state index contributed by atoms with van der Waals surface area (Å²) in [5.41, 5.74) is 5.57. The van der Waals surface area contributed by atoms with E-state index in [2.05, 4.69) is 5.92 Å². The second-order valence-electron chi connectivity index (χ2n) is 3.70. The Morgan fingerprint density at radius 2 is 1.74 bits per heavy atom. The van der Waals surface area contributed by atoms with Crippen LogP contribution in [0, 0.1) is 12.3 Å². The fraction of sp³-hybridized carbons (Fsp3) is 0.154. The SMILES string of the molecule is C#CCN(CC(=O)O)C(=O)c1ccc(C(N)=O)cc1. The molecule has 19 heavy (non-hydrogen) atoms. The second-order valence-corrected chi connectivity index (χ2v) is 3.70. The van der Waals surface area contributed by atoms with Crippen LogP contribution in [0.2, 0.25) is 0 Å². The molecule has 6 heteroatoms. The molecule has 1 aromatic carbocycles. The van der Waals surface area contributed by atoms with Crippen LogP contribution in [0.5, 0.6) is 0 Å². The minimum atomic E-state index is -1.16. The smallest absolute Gasteiger partial charge is 0.323 e. The van der Waals surface area contributed by atoms with E-state index >= 15 is 0 Å². The number of hydrogen-bond acceptors (Lipinski definition) is 3. The Labute approximate surface area is 109 Å². The lowest BCUT2D eigenvalue weighted by Gasteiger charge is -2.17. The van der Waals surface area contributed by atoms with Gasteiger partial charge in [-0.15, -0.1) is 6.42 Å². The lowest BCUT2D eigenvalue weighted by Crippen LogP contribution is -2.36. The van der Waals surface area contributed by atoms with Crippen molar-refractivity contribution in [3.8, 4) is 12.3 Å². The quantitative estimate of drug-likeness (QED) is 0.724. The summed E-state index contributed by atoms with van der Waals surface area (Å²) in [4.78, 5) is 34.5. The van der Waals surface area contributed by atoms with E-state index in [1.54, 1.807) is 0 Å². The number of rotatable bonds is 5. The highest BCUT2D eigenvalue weighted by atomic mass is 16.4. The summed E-state index contributed by atoms with van der Waals surface area (Å²) in [5, 5.41) is 8.70. The molecule has 0 radical (unpaired) electrons. The molecule has 0 aliphatic heterocycles. The molecule has 1 rings (SSSR count). The van der Waals surface area contributed by atoms with Crippen molar-refractivity contribution in [2.24, 2.45) is 5.73 Å². The number of aliphatic carboxylic acids is 1. The monoisotopic (exact) mass is 260 g/mol. The molecule has 0 heterocycles.